The molecule has 0 spiro atoms. The van der Waals surface area contributed by atoms with E-state index < -0.39 is 0 Å². The highest BCUT2D eigenvalue weighted by Crippen LogP contribution is 2.13. The number of amides is 2. The monoisotopic (exact) mass is 376 g/mol. The van der Waals surface area contributed by atoms with Crippen molar-refractivity contribution in [3.63, 3.8) is 0 Å². The van der Waals surface area contributed by atoms with Crippen LogP contribution in [0.3, 0.4) is 0 Å². The summed E-state index contributed by atoms with van der Waals surface area (Å²) in [6, 6.07) is 16.6. The molecule has 0 atom stereocenters. The normalized spacial score (nSPS) is 11.1. The Morgan fingerprint density at radius 2 is 1.68 bits per heavy atom. The quantitative estimate of drug-likeness (QED) is 0.715. The van der Waals surface area contributed by atoms with Gasteiger partial charge in [-0.15, -0.1) is 0 Å². The molecule has 0 aliphatic heterocycles. The van der Waals surface area contributed by atoms with E-state index in [9.17, 15) is 9.59 Å². The largest absolute Gasteiger partial charge is 0.347 e. The van der Waals surface area contributed by atoms with E-state index in [1.807, 2.05) is 57.3 Å². The molecule has 3 aromatic rings. The standard InChI is InChI=1S/C22H24N4O2/c1-22(2,3)25-21(28)17-9-11-18(12-10-17)24-20(27)13-16-14-23-26(15-16)19-7-5-4-6-8-19/h4-12,14-15H,13H2,1-3H3,(H,24,27)(H,25,28). The van der Waals surface area contributed by atoms with Crippen LogP contribution in [0.25, 0.3) is 5.69 Å². The summed E-state index contributed by atoms with van der Waals surface area (Å²) in [7, 11) is 0. The van der Waals surface area contributed by atoms with Gasteiger partial charge < -0.3 is 10.6 Å². The fourth-order valence-corrected chi connectivity index (χ4v) is 2.68. The molecule has 0 unspecified atom stereocenters. The first-order valence-electron chi connectivity index (χ1n) is 9.11. The fourth-order valence-electron chi connectivity index (χ4n) is 2.68. The van der Waals surface area contributed by atoms with Crippen LogP contribution in [0.5, 0.6) is 0 Å². The highest BCUT2D eigenvalue weighted by atomic mass is 16.2. The number of nitrogens with one attached hydrogen (secondary N) is 2. The SMILES string of the molecule is CC(C)(C)NC(=O)c1ccc(NC(=O)Cc2cnn(-c3ccccc3)c2)cc1. The molecule has 0 saturated heterocycles. The van der Waals surface area contributed by atoms with Crippen LogP contribution in [0.4, 0.5) is 5.69 Å². The van der Waals surface area contributed by atoms with Crippen LogP contribution >= 0.6 is 0 Å². The lowest BCUT2D eigenvalue weighted by molar-refractivity contribution is -0.115. The zero-order valence-corrected chi connectivity index (χ0v) is 16.3. The van der Waals surface area contributed by atoms with Gasteiger partial charge in [0.15, 0.2) is 0 Å². The Kier molecular flexibility index (Phi) is 5.59. The van der Waals surface area contributed by atoms with Crippen LogP contribution < -0.4 is 10.6 Å². The van der Waals surface area contributed by atoms with Crippen LogP contribution in [0.1, 0.15) is 36.7 Å². The van der Waals surface area contributed by atoms with Crippen molar-refractivity contribution in [1.82, 2.24) is 15.1 Å². The van der Waals surface area contributed by atoms with Crippen molar-refractivity contribution in [2.24, 2.45) is 0 Å². The molecule has 0 saturated carbocycles. The molecular weight excluding hydrogens is 352 g/mol. The number of rotatable bonds is 5. The number of hydrogen-bond donors (Lipinski definition) is 2. The zero-order chi connectivity index (χ0) is 20.1. The maximum absolute atomic E-state index is 12.3. The van der Waals surface area contributed by atoms with Gasteiger partial charge in [0, 0.05) is 23.0 Å². The molecule has 2 amide bonds. The molecule has 0 aliphatic rings. The molecule has 6 nitrogen and oxygen atoms in total. The number of nitrogens with zero attached hydrogens (tertiary/aromatic N) is 2. The summed E-state index contributed by atoms with van der Waals surface area (Å²) < 4.78 is 1.74. The van der Waals surface area contributed by atoms with E-state index in [4.69, 9.17) is 0 Å². The zero-order valence-electron chi connectivity index (χ0n) is 16.3. The van der Waals surface area contributed by atoms with Gasteiger partial charge in [-0.2, -0.15) is 5.10 Å². The van der Waals surface area contributed by atoms with Gasteiger partial charge in [-0.1, -0.05) is 18.2 Å². The molecule has 6 heteroatoms. The molecule has 2 aromatic carbocycles. The van der Waals surface area contributed by atoms with Gasteiger partial charge in [0.25, 0.3) is 5.91 Å². The maximum Gasteiger partial charge on any atom is 0.251 e. The number of para-hydroxylation sites is 1. The van der Waals surface area contributed by atoms with Crippen molar-refractivity contribution < 1.29 is 9.59 Å². The Morgan fingerprint density at radius 3 is 2.32 bits per heavy atom. The van der Waals surface area contributed by atoms with Gasteiger partial charge in [0.1, 0.15) is 0 Å². The number of benzene rings is 2. The Morgan fingerprint density at radius 1 is 1.00 bits per heavy atom. The molecule has 28 heavy (non-hydrogen) atoms. The summed E-state index contributed by atoms with van der Waals surface area (Å²) in [5.41, 5.74) is 2.67. The van der Waals surface area contributed by atoms with Gasteiger partial charge in [-0.3, -0.25) is 9.59 Å². The van der Waals surface area contributed by atoms with Crippen LogP contribution in [-0.2, 0) is 11.2 Å². The average Bonchev–Trinajstić information content (AvgIpc) is 3.10. The van der Waals surface area contributed by atoms with Crippen LogP contribution in [0.15, 0.2) is 67.0 Å². The second-order valence-corrected chi connectivity index (χ2v) is 7.64. The van der Waals surface area contributed by atoms with Crippen molar-refractivity contribution in [2.45, 2.75) is 32.7 Å². The van der Waals surface area contributed by atoms with E-state index in [-0.39, 0.29) is 23.8 Å². The minimum atomic E-state index is -0.297. The Labute approximate surface area is 164 Å². The molecular formula is C22H24N4O2. The molecule has 0 aliphatic carbocycles. The first kappa shape index (κ1) is 19.4. The summed E-state index contributed by atoms with van der Waals surface area (Å²) in [6.45, 7) is 5.79. The van der Waals surface area contributed by atoms with Crippen LogP contribution in [0.2, 0.25) is 0 Å². The lowest BCUT2D eigenvalue weighted by atomic mass is 10.1. The third-order valence-corrected chi connectivity index (χ3v) is 3.94. The fraction of sp³-hybridized carbons (Fsp3) is 0.227. The molecule has 144 valence electrons. The molecule has 1 aromatic heterocycles. The van der Waals surface area contributed by atoms with E-state index in [1.54, 1.807) is 35.1 Å². The lowest BCUT2D eigenvalue weighted by Gasteiger charge is -2.20. The van der Waals surface area contributed by atoms with Gasteiger partial charge in [-0.25, -0.2) is 4.68 Å². The predicted octanol–water partition coefficient (Wildman–Crippen LogP) is 3.58. The number of carbonyl (C=O) groups is 2. The molecule has 3 rings (SSSR count). The minimum absolute atomic E-state index is 0.139. The third-order valence-electron chi connectivity index (χ3n) is 3.94. The first-order chi connectivity index (χ1) is 13.3. The van der Waals surface area contributed by atoms with Gasteiger partial charge in [-0.05, 0) is 62.7 Å². The summed E-state index contributed by atoms with van der Waals surface area (Å²) in [5.74, 6) is -0.279. The number of hydrogen-bond acceptors (Lipinski definition) is 3. The van der Waals surface area contributed by atoms with Gasteiger partial charge in [0.05, 0.1) is 18.3 Å². The molecule has 0 fully saturated rings. The maximum atomic E-state index is 12.3. The molecule has 0 radical (unpaired) electrons. The smallest absolute Gasteiger partial charge is 0.251 e. The summed E-state index contributed by atoms with van der Waals surface area (Å²) in [6.07, 6.45) is 3.75. The number of carbonyl (C=O) groups excluding carboxylic acids is 2. The van der Waals surface area contributed by atoms with Crippen LogP contribution in [0, 0.1) is 0 Å². The van der Waals surface area contributed by atoms with Crippen molar-refractivity contribution in [3.8, 4) is 5.69 Å². The first-order valence-corrected chi connectivity index (χ1v) is 9.11. The van der Waals surface area contributed by atoms with E-state index in [0.717, 1.165) is 11.3 Å². The highest BCUT2D eigenvalue weighted by Gasteiger charge is 2.15. The van der Waals surface area contributed by atoms with Gasteiger partial charge in [0.2, 0.25) is 5.91 Å². The van der Waals surface area contributed by atoms with E-state index in [1.165, 1.54) is 0 Å². The number of aromatic nitrogens is 2. The summed E-state index contributed by atoms with van der Waals surface area (Å²) >= 11 is 0. The Bertz CT molecular complexity index is 954. The Balaban J connectivity index is 1.58. The van der Waals surface area contributed by atoms with Crippen molar-refractivity contribution in [1.29, 1.82) is 0 Å². The van der Waals surface area contributed by atoms with Crippen molar-refractivity contribution in [3.05, 3.63) is 78.1 Å². The second kappa shape index (κ2) is 8.08. The summed E-state index contributed by atoms with van der Waals surface area (Å²) in [4.78, 5) is 24.5. The second-order valence-electron chi connectivity index (χ2n) is 7.64. The van der Waals surface area contributed by atoms with Crippen molar-refractivity contribution in [2.75, 3.05) is 5.32 Å². The predicted molar refractivity (Wildman–Crippen MR) is 110 cm³/mol. The molecule has 0 bridgehead atoms. The number of anilines is 1. The summed E-state index contributed by atoms with van der Waals surface area (Å²) in [5, 5.41) is 10.1. The van der Waals surface area contributed by atoms with E-state index in [0.29, 0.717) is 11.3 Å². The highest BCUT2D eigenvalue weighted by molar-refractivity contribution is 5.96. The van der Waals surface area contributed by atoms with Crippen LogP contribution in [-0.4, -0.2) is 27.1 Å². The lowest BCUT2D eigenvalue weighted by Crippen LogP contribution is -2.40. The average molecular weight is 376 g/mol. The molecule has 2 N–H and O–H groups in total. The molecule has 1 heterocycles. The third kappa shape index (κ3) is 5.30. The Hall–Kier alpha value is -3.41. The van der Waals surface area contributed by atoms with Crippen molar-refractivity contribution >= 4 is 17.5 Å². The topological polar surface area (TPSA) is 76.0 Å². The van der Waals surface area contributed by atoms with E-state index in [2.05, 4.69) is 15.7 Å². The van der Waals surface area contributed by atoms with Gasteiger partial charge >= 0.3 is 0 Å². The van der Waals surface area contributed by atoms with E-state index >= 15 is 0 Å². The minimum Gasteiger partial charge on any atom is -0.347 e.